The van der Waals surface area contributed by atoms with Crippen molar-refractivity contribution in [2.75, 3.05) is 19.8 Å². The van der Waals surface area contributed by atoms with Crippen molar-refractivity contribution in [2.24, 2.45) is 4.99 Å². The number of carbonyl (C=O) groups is 2. The molecule has 2 aromatic heterocycles. The lowest BCUT2D eigenvalue weighted by Crippen LogP contribution is -2.19. The van der Waals surface area contributed by atoms with Crippen LogP contribution < -0.4 is 4.80 Å². The van der Waals surface area contributed by atoms with E-state index in [-0.39, 0.29) is 11.9 Å². The van der Waals surface area contributed by atoms with E-state index < -0.39 is 0 Å². The summed E-state index contributed by atoms with van der Waals surface area (Å²) < 4.78 is 14.4. The highest BCUT2D eigenvalue weighted by Gasteiger charge is 2.13. The molecular formula is C22H21N3O4S2. The largest absolute Gasteiger partial charge is 0.462 e. The maximum absolute atomic E-state index is 12.9. The fraction of sp³-hybridized carbons (Fsp3) is 0.273. The van der Waals surface area contributed by atoms with Crippen molar-refractivity contribution in [1.29, 1.82) is 0 Å². The summed E-state index contributed by atoms with van der Waals surface area (Å²) in [5, 5.41) is 0. The molecule has 2 heterocycles. The Morgan fingerprint density at radius 2 is 1.87 bits per heavy atom. The molecular weight excluding hydrogens is 434 g/mol. The van der Waals surface area contributed by atoms with E-state index in [1.54, 1.807) is 30.6 Å². The zero-order valence-electron chi connectivity index (χ0n) is 17.2. The predicted molar refractivity (Wildman–Crippen MR) is 122 cm³/mol. The summed E-state index contributed by atoms with van der Waals surface area (Å²) in [4.78, 5) is 34.2. The van der Waals surface area contributed by atoms with Crippen molar-refractivity contribution in [3.63, 3.8) is 0 Å². The van der Waals surface area contributed by atoms with Crippen LogP contribution in [0.1, 0.15) is 34.6 Å². The Balaban J connectivity index is 1.76. The SMILES string of the molecule is CCOCCn1c(=NC(=O)c2ccc3ncsc3c2)sc2cc(C(=O)OCC)ccc21. The van der Waals surface area contributed by atoms with Gasteiger partial charge in [0.25, 0.3) is 5.91 Å². The maximum atomic E-state index is 12.9. The van der Waals surface area contributed by atoms with Crippen LogP contribution in [0.25, 0.3) is 20.4 Å². The molecule has 0 aliphatic carbocycles. The first-order valence-electron chi connectivity index (χ1n) is 9.91. The Hall–Kier alpha value is -2.88. The van der Waals surface area contributed by atoms with E-state index >= 15 is 0 Å². The molecule has 0 aliphatic heterocycles. The molecule has 7 nitrogen and oxygen atoms in total. The second-order valence-electron chi connectivity index (χ2n) is 6.59. The van der Waals surface area contributed by atoms with Crippen LogP contribution in [0.4, 0.5) is 0 Å². The highest BCUT2D eigenvalue weighted by atomic mass is 32.1. The Bertz CT molecular complexity index is 1320. The lowest BCUT2D eigenvalue weighted by Gasteiger charge is -2.06. The lowest BCUT2D eigenvalue weighted by atomic mass is 10.2. The van der Waals surface area contributed by atoms with Crippen LogP contribution in [-0.4, -0.2) is 41.2 Å². The number of fused-ring (bicyclic) bond motifs is 2. The second kappa shape index (κ2) is 9.51. The van der Waals surface area contributed by atoms with Crippen molar-refractivity contribution >= 4 is 55.0 Å². The summed E-state index contributed by atoms with van der Waals surface area (Å²) in [5.41, 5.74) is 4.49. The molecule has 4 rings (SSSR count). The van der Waals surface area contributed by atoms with Gasteiger partial charge in [-0.05, 0) is 50.2 Å². The molecule has 0 N–H and O–H groups in total. The van der Waals surface area contributed by atoms with Gasteiger partial charge in [-0.15, -0.1) is 11.3 Å². The Kier molecular flexibility index (Phi) is 6.55. The zero-order chi connectivity index (χ0) is 21.8. The first kappa shape index (κ1) is 21.4. The van der Waals surface area contributed by atoms with Crippen molar-refractivity contribution in [3.05, 3.63) is 57.8 Å². The van der Waals surface area contributed by atoms with Crippen LogP contribution in [0.2, 0.25) is 0 Å². The van der Waals surface area contributed by atoms with E-state index in [9.17, 15) is 9.59 Å². The number of esters is 1. The van der Waals surface area contributed by atoms with Crippen molar-refractivity contribution in [1.82, 2.24) is 9.55 Å². The number of ether oxygens (including phenoxy) is 2. The molecule has 31 heavy (non-hydrogen) atoms. The number of rotatable bonds is 7. The molecule has 0 fully saturated rings. The average Bonchev–Trinajstić information content (AvgIpc) is 3.37. The highest BCUT2D eigenvalue weighted by molar-refractivity contribution is 7.17. The summed E-state index contributed by atoms with van der Waals surface area (Å²) >= 11 is 2.85. The quantitative estimate of drug-likeness (QED) is 0.307. The number of amides is 1. The summed E-state index contributed by atoms with van der Waals surface area (Å²) in [6, 6.07) is 10.8. The van der Waals surface area contributed by atoms with Gasteiger partial charge in [-0.25, -0.2) is 9.78 Å². The number of benzene rings is 2. The molecule has 0 radical (unpaired) electrons. The van der Waals surface area contributed by atoms with Gasteiger partial charge in [0.2, 0.25) is 0 Å². The van der Waals surface area contributed by atoms with Crippen molar-refractivity contribution in [3.8, 4) is 0 Å². The van der Waals surface area contributed by atoms with Gasteiger partial charge in [0.05, 0.1) is 44.7 Å². The minimum atomic E-state index is -0.369. The summed E-state index contributed by atoms with van der Waals surface area (Å²) in [6.45, 7) is 5.68. The Morgan fingerprint density at radius 1 is 1.06 bits per heavy atom. The zero-order valence-corrected chi connectivity index (χ0v) is 18.8. The van der Waals surface area contributed by atoms with Gasteiger partial charge in [0, 0.05) is 18.7 Å². The molecule has 9 heteroatoms. The molecule has 160 valence electrons. The number of hydrogen-bond acceptors (Lipinski definition) is 7. The molecule has 2 aromatic carbocycles. The molecule has 0 saturated carbocycles. The number of thiazole rings is 2. The number of carbonyl (C=O) groups excluding carboxylic acids is 2. The van der Waals surface area contributed by atoms with Crippen molar-refractivity contribution in [2.45, 2.75) is 20.4 Å². The Morgan fingerprint density at radius 3 is 2.68 bits per heavy atom. The highest BCUT2D eigenvalue weighted by Crippen LogP contribution is 2.22. The van der Waals surface area contributed by atoms with E-state index in [1.807, 2.05) is 29.7 Å². The first-order valence-corrected chi connectivity index (χ1v) is 11.6. The minimum absolute atomic E-state index is 0.314. The van der Waals surface area contributed by atoms with Crippen LogP contribution in [-0.2, 0) is 16.0 Å². The molecule has 0 spiro atoms. The maximum Gasteiger partial charge on any atom is 0.338 e. The van der Waals surface area contributed by atoms with Gasteiger partial charge in [-0.1, -0.05) is 11.3 Å². The summed E-state index contributed by atoms with van der Waals surface area (Å²) in [6.07, 6.45) is 0. The van der Waals surface area contributed by atoms with Crippen LogP contribution in [0.5, 0.6) is 0 Å². The third-order valence-electron chi connectivity index (χ3n) is 4.63. The van der Waals surface area contributed by atoms with E-state index in [2.05, 4.69) is 9.98 Å². The van der Waals surface area contributed by atoms with Crippen molar-refractivity contribution < 1.29 is 19.1 Å². The van der Waals surface area contributed by atoms with E-state index in [0.717, 1.165) is 20.4 Å². The summed E-state index contributed by atoms with van der Waals surface area (Å²) in [5.74, 6) is -0.691. The van der Waals surface area contributed by atoms with Crippen LogP contribution in [0.15, 0.2) is 46.9 Å². The molecule has 0 bridgehead atoms. The number of nitrogens with zero attached hydrogens (tertiary/aromatic N) is 3. The topological polar surface area (TPSA) is 82.8 Å². The smallest absolute Gasteiger partial charge is 0.338 e. The number of aromatic nitrogens is 2. The van der Waals surface area contributed by atoms with Gasteiger partial charge in [-0.2, -0.15) is 4.99 Å². The minimum Gasteiger partial charge on any atom is -0.462 e. The Labute approximate surface area is 186 Å². The van der Waals surface area contributed by atoms with Gasteiger partial charge < -0.3 is 14.0 Å². The predicted octanol–water partition coefficient (Wildman–Crippen LogP) is 4.27. The first-order chi connectivity index (χ1) is 15.1. The van der Waals surface area contributed by atoms with E-state index in [0.29, 0.717) is 42.3 Å². The average molecular weight is 456 g/mol. The van der Waals surface area contributed by atoms with E-state index in [1.165, 1.54) is 22.7 Å². The lowest BCUT2D eigenvalue weighted by molar-refractivity contribution is 0.0526. The monoisotopic (exact) mass is 455 g/mol. The standard InChI is InChI=1S/C22H21N3O4S2/c1-3-28-10-9-25-17-8-6-15(21(27)29-4-2)12-19(17)31-22(25)24-20(26)14-5-7-16-18(11-14)30-13-23-16/h5-8,11-13H,3-4,9-10H2,1-2H3. The molecule has 0 saturated heterocycles. The van der Waals surface area contributed by atoms with Gasteiger partial charge in [-0.3, -0.25) is 4.79 Å². The van der Waals surface area contributed by atoms with Crippen LogP contribution in [0, 0.1) is 0 Å². The normalized spacial score (nSPS) is 12.0. The van der Waals surface area contributed by atoms with E-state index in [4.69, 9.17) is 9.47 Å². The van der Waals surface area contributed by atoms with Gasteiger partial charge in [0.15, 0.2) is 4.80 Å². The molecule has 1 amide bonds. The molecule has 4 aromatic rings. The second-order valence-corrected chi connectivity index (χ2v) is 8.48. The third-order valence-corrected chi connectivity index (χ3v) is 6.47. The van der Waals surface area contributed by atoms with Gasteiger partial charge in [0.1, 0.15) is 0 Å². The van der Waals surface area contributed by atoms with Gasteiger partial charge >= 0.3 is 5.97 Å². The fourth-order valence-corrected chi connectivity index (χ4v) is 4.97. The van der Waals surface area contributed by atoms with Crippen LogP contribution >= 0.6 is 22.7 Å². The fourth-order valence-electron chi connectivity index (χ4n) is 3.16. The number of hydrogen-bond donors (Lipinski definition) is 0. The van der Waals surface area contributed by atoms with Crippen LogP contribution in [0.3, 0.4) is 0 Å². The third kappa shape index (κ3) is 4.58. The molecule has 0 aliphatic rings. The summed E-state index contributed by atoms with van der Waals surface area (Å²) in [7, 11) is 0. The molecule has 0 unspecified atom stereocenters. The molecule has 0 atom stereocenters.